The summed E-state index contributed by atoms with van der Waals surface area (Å²) in [6.07, 6.45) is 0. The van der Waals surface area contributed by atoms with Crippen LogP contribution in [-0.4, -0.2) is 41.9 Å². The fourth-order valence-electron chi connectivity index (χ4n) is 19.7. The molecule has 0 N–H and O–H groups in total. The number of pyridine rings is 3. The Morgan fingerprint density at radius 2 is 0.552 bits per heavy atom. The van der Waals surface area contributed by atoms with E-state index in [1.54, 1.807) is 0 Å². The van der Waals surface area contributed by atoms with E-state index in [-0.39, 0.29) is 0 Å². The Morgan fingerprint density at radius 3 is 1.13 bits per heavy atom. The maximum atomic E-state index is 5.29. The number of hydrogen-bond acceptors (Lipinski definition) is 5. The predicted octanol–water partition coefficient (Wildman–Crippen LogP) is 28.4. The van der Waals surface area contributed by atoms with Crippen LogP contribution in [0.1, 0.15) is 0 Å². The Labute approximate surface area is 667 Å². The van der Waals surface area contributed by atoms with Gasteiger partial charge in [0.1, 0.15) is 16.9 Å². The molecule has 0 atom stereocenters. The third kappa shape index (κ3) is 8.84. The van der Waals surface area contributed by atoms with Crippen LogP contribution in [-0.2, 0) is 0 Å². The van der Waals surface area contributed by atoms with Gasteiger partial charge >= 0.3 is 0 Å². The van der Waals surface area contributed by atoms with E-state index in [0.717, 1.165) is 55.7 Å². The molecule has 0 fully saturated rings. The minimum Gasteiger partial charge on any atom is -0.309 e. The van der Waals surface area contributed by atoms with Gasteiger partial charge in [0.2, 0.25) is 0 Å². The molecule has 0 aliphatic carbocycles. The van der Waals surface area contributed by atoms with Gasteiger partial charge in [-0.1, -0.05) is 218 Å². The predicted molar refractivity (Wildman–Crippen MR) is 492 cm³/mol. The molecule has 11 heteroatoms. The lowest BCUT2D eigenvalue weighted by Gasteiger charge is -2.14. The molecule has 28 aromatic rings. The first kappa shape index (κ1) is 63.6. The van der Waals surface area contributed by atoms with Gasteiger partial charge in [-0.2, -0.15) is 0 Å². The second-order valence-electron chi connectivity index (χ2n) is 30.4. The van der Waals surface area contributed by atoms with E-state index in [2.05, 4.69) is 397 Å². The number of nitrogens with zero attached hydrogens (tertiary/aromatic N) is 9. The third-order valence-electron chi connectivity index (χ3n) is 24.4. The van der Waals surface area contributed by atoms with Crippen LogP contribution in [0.25, 0.3) is 238 Å². The van der Waals surface area contributed by atoms with Gasteiger partial charge in [-0.05, 0) is 168 Å². The number of benzene rings is 17. The highest BCUT2D eigenvalue weighted by molar-refractivity contribution is 7.26. The summed E-state index contributed by atoms with van der Waals surface area (Å²) in [4.78, 5) is 15.6. The molecular weight excluding hydrogens is 1450 g/mol. The lowest BCUT2D eigenvalue weighted by Crippen LogP contribution is -1.97. The van der Waals surface area contributed by atoms with Crippen molar-refractivity contribution >= 4 is 244 Å². The van der Waals surface area contributed by atoms with Crippen molar-refractivity contribution in [2.75, 3.05) is 0 Å². The van der Waals surface area contributed by atoms with E-state index in [9.17, 15) is 0 Å². The van der Waals surface area contributed by atoms with Crippen LogP contribution in [0.3, 0.4) is 0 Å². The average Bonchev–Trinajstić information content (AvgIpc) is 1.50. The SMILES string of the molecule is c1ccc(-n2c3ccccc3c3c4c5cc6sc7ccccc7c6cc5c5nc6ccccc6n5c4ccc32)cc1.c1ccc(-n2c3ccccc3c3c4c5ccccc5c5nc6ccccc6n5c4ccc32)cc1.c1ccc(-n2c3ccccc3c3ccc4c(c5ccc6sc7ccccc7c6c5c5nc6ccccc6n45)c32)cc1. The Kier molecular flexibility index (Phi) is 13.3. The fourth-order valence-corrected chi connectivity index (χ4v) is 22.0. The normalized spacial score (nSPS) is 12.3. The van der Waals surface area contributed by atoms with Crippen LogP contribution in [0.4, 0.5) is 0 Å². The summed E-state index contributed by atoms with van der Waals surface area (Å²) < 4.78 is 19.6. The monoisotopic (exact) mass is 1510 g/mol. The van der Waals surface area contributed by atoms with Crippen molar-refractivity contribution in [3.63, 3.8) is 0 Å². The van der Waals surface area contributed by atoms with Crippen molar-refractivity contribution in [1.29, 1.82) is 0 Å². The van der Waals surface area contributed by atoms with Gasteiger partial charge in [0.15, 0.2) is 0 Å². The number of fused-ring (bicyclic) bond motifs is 43. The van der Waals surface area contributed by atoms with E-state index in [4.69, 9.17) is 15.0 Å². The van der Waals surface area contributed by atoms with Gasteiger partial charge in [0, 0.05) is 122 Å². The molecule has 0 unspecified atom stereocenters. The highest BCUT2D eigenvalue weighted by Gasteiger charge is 2.27. The quantitative estimate of drug-likeness (QED) is 0.166. The van der Waals surface area contributed by atoms with E-state index in [1.807, 2.05) is 22.7 Å². The molecule has 0 radical (unpaired) electrons. The minimum atomic E-state index is 1.01. The van der Waals surface area contributed by atoms with Crippen molar-refractivity contribution in [2.24, 2.45) is 0 Å². The molecule has 116 heavy (non-hydrogen) atoms. The smallest absolute Gasteiger partial charge is 0.147 e. The second-order valence-corrected chi connectivity index (χ2v) is 32.6. The Balaban J connectivity index is 0.0000000957. The zero-order valence-corrected chi connectivity index (χ0v) is 63.7. The first-order valence-corrected chi connectivity index (χ1v) is 41.0. The molecule has 9 nitrogen and oxygen atoms in total. The van der Waals surface area contributed by atoms with Gasteiger partial charge in [0.25, 0.3) is 0 Å². The van der Waals surface area contributed by atoms with Crippen molar-refractivity contribution in [1.82, 2.24) is 41.9 Å². The molecule has 0 amide bonds. The van der Waals surface area contributed by atoms with E-state index in [1.165, 1.54) is 182 Å². The molecule has 28 rings (SSSR count). The number of imidazole rings is 3. The zero-order valence-electron chi connectivity index (χ0n) is 62.1. The molecule has 0 bridgehead atoms. The molecule has 0 saturated heterocycles. The summed E-state index contributed by atoms with van der Waals surface area (Å²) in [6, 6.07) is 133. The second kappa shape index (κ2) is 24.3. The third-order valence-corrected chi connectivity index (χ3v) is 26.7. The fraction of sp³-hybridized carbons (Fsp3) is 0. The maximum Gasteiger partial charge on any atom is 0.147 e. The summed E-state index contributed by atoms with van der Waals surface area (Å²) in [5.74, 6) is 0. The van der Waals surface area contributed by atoms with Gasteiger partial charge in [-0.15, -0.1) is 22.7 Å². The van der Waals surface area contributed by atoms with Crippen LogP contribution in [0, 0.1) is 0 Å². The van der Waals surface area contributed by atoms with E-state index < -0.39 is 0 Å². The number of aromatic nitrogens is 9. The van der Waals surface area contributed by atoms with Crippen molar-refractivity contribution in [2.45, 2.75) is 0 Å². The number of rotatable bonds is 3. The van der Waals surface area contributed by atoms with Gasteiger partial charge in [-0.25, -0.2) is 15.0 Å². The summed E-state index contributed by atoms with van der Waals surface area (Å²) in [7, 11) is 0. The molecular formula is C105H61N9S2. The maximum absolute atomic E-state index is 5.29. The summed E-state index contributed by atoms with van der Waals surface area (Å²) in [6.45, 7) is 0. The van der Waals surface area contributed by atoms with Crippen LogP contribution in [0.2, 0.25) is 0 Å². The van der Waals surface area contributed by atoms with Crippen LogP contribution >= 0.6 is 22.7 Å². The highest BCUT2D eigenvalue weighted by atomic mass is 32.1. The van der Waals surface area contributed by atoms with Gasteiger partial charge < -0.3 is 13.7 Å². The Hall–Kier alpha value is -15.0. The van der Waals surface area contributed by atoms with Gasteiger partial charge in [-0.3, -0.25) is 13.2 Å². The zero-order chi connectivity index (χ0) is 75.5. The van der Waals surface area contributed by atoms with E-state index in [0.29, 0.717) is 0 Å². The molecule has 0 saturated carbocycles. The topological polar surface area (TPSA) is 66.7 Å². The molecule has 0 aliphatic rings. The van der Waals surface area contributed by atoms with Crippen molar-refractivity contribution in [3.8, 4) is 17.1 Å². The van der Waals surface area contributed by atoms with Gasteiger partial charge in [0.05, 0.1) is 82.8 Å². The number of hydrogen-bond donors (Lipinski definition) is 0. The number of thiophene rings is 2. The first-order chi connectivity index (χ1) is 57.6. The Bertz CT molecular complexity index is 9110. The lowest BCUT2D eigenvalue weighted by atomic mass is 9.99. The standard InChI is InChI=1S/2C37H21N3S.C31H19N3/c1-2-10-22(11-3-1)39-29-15-7-4-13-24(29)35-31(39)18-19-32-36(35)26-21-34-25(23-12-5-9-17-33(23)41-34)20-27(26)37-38-28-14-6-8-16-30(28)40(32)37;1-2-10-22(11-3-1)39-28-15-7-4-12-23(28)24-18-20-30-33(36(24)39)26-19-21-32-34(25-13-5-9-17-31(25)41-32)35(26)37-38-27-14-6-8-16-29(27)40(30)37;1-2-10-20(11-3-1)33-25-16-8-6-14-23(25)30-27(33)18-19-28-29(30)21-12-4-5-13-22(21)31-32-24-15-7-9-17-26(24)34(28)31/h2*1-21H;1-19H. The first-order valence-electron chi connectivity index (χ1n) is 39.4. The number of para-hydroxylation sites is 12. The summed E-state index contributed by atoms with van der Waals surface area (Å²) in [5.41, 5.74) is 23.9. The average molecular weight is 1510 g/mol. The van der Waals surface area contributed by atoms with Crippen LogP contribution < -0.4 is 0 Å². The molecule has 11 heterocycles. The molecule has 17 aromatic carbocycles. The molecule has 11 aromatic heterocycles. The highest BCUT2D eigenvalue weighted by Crippen LogP contribution is 2.50. The molecule has 0 spiro atoms. The van der Waals surface area contributed by atoms with E-state index >= 15 is 0 Å². The van der Waals surface area contributed by atoms with Crippen LogP contribution in [0.15, 0.2) is 370 Å². The summed E-state index contributed by atoms with van der Waals surface area (Å²) >= 11 is 3.74. The van der Waals surface area contributed by atoms with Crippen molar-refractivity contribution in [3.05, 3.63) is 370 Å². The van der Waals surface area contributed by atoms with Crippen molar-refractivity contribution < 1.29 is 0 Å². The molecule has 538 valence electrons. The Morgan fingerprint density at radius 1 is 0.172 bits per heavy atom. The molecule has 0 aliphatic heterocycles. The summed E-state index contributed by atoms with van der Waals surface area (Å²) in [5, 5.41) is 23.9. The largest absolute Gasteiger partial charge is 0.309 e. The lowest BCUT2D eigenvalue weighted by molar-refractivity contribution is 1.18. The van der Waals surface area contributed by atoms with Crippen LogP contribution in [0.5, 0.6) is 0 Å². The minimum absolute atomic E-state index is 1.01.